The Balaban J connectivity index is 2.20. The van der Waals surface area contributed by atoms with Crippen LogP contribution in [0.3, 0.4) is 0 Å². The maximum Gasteiger partial charge on any atom is 0.216 e. The van der Waals surface area contributed by atoms with E-state index in [-0.39, 0.29) is 5.82 Å². The molecule has 0 aliphatic rings. The maximum atomic E-state index is 13.2. The van der Waals surface area contributed by atoms with Gasteiger partial charge in [0.2, 0.25) is 5.88 Å². The summed E-state index contributed by atoms with van der Waals surface area (Å²) in [4.78, 5) is 7.88. The molecule has 0 radical (unpaired) electrons. The average molecular weight is 262 g/mol. The molecule has 1 unspecified atom stereocenters. The van der Waals surface area contributed by atoms with Gasteiger partial charge in [0.05, 0.1) is 12.8 Å². The minimum absolute atomic E-state index is 0.295. The molecule has 0 bridgehead atoms. The van der Waals surface area contributed by atoms with Crippen molar-refractivity contribution >= 4 is 0 Å². The fourth-order valence-electron chi connectivity index (χ4n) is 1.82. The predicted molar refractivity (Wildman–Crippen MR) is 68.4 cm³/mol. The minimum atomic E-state index is -0.822. The second kappa shape index (κ2) is 5.75. The van der Waals surface area contributed by atoms with Gasteiger partial charge < -0.3 is 9.84 Å². The van der Waals surface area contributed by atoms with E-state index in [4.69, 9.17) is 4.74 Å². The summed E-state index contributed by atoms with van der Waals surface area (Å²) in [7, 11) is 1.50. The van der Waals surface area contributed by atoms with E-state index in [0.29, 0.717) is 18.0 Å². The van der Waals surface area contributed by atoms with E-state index in [1.165, 1.54) is 25.6 Å². The van der Waals surface area contributed by atoms with Crippen LogP contribution >= 0.6 is 0 Å². The number of aryl methyl sites for hydroxylation is 1. The van der Waals surface area contributed by atoms with E-state index in [9.17, 15) is 9.50 Å². The van der Waals surface area contributed by atoms with E-state index in [0.717, 1.165) is 11.1 Å². The van der Waals surface area contributed by atoms with Gasteiger partial charge in [-0.25, -0.2) is 14.4 Å². The first-order valence-corrected chi connectivity index (χ1v) is 5.89. The third-order valence-electron chi connectivity index (χ3n) is 2.94. The summed E-state index contributed by atoms with van der Waals surface area (Å²) in [6.07, 6.45) is 0.803. The Kier molecular flexibility index (Phi) is 4.06. The number of aliphatic hydroxyl groups excluding tert-OH is 1. The lowest BCUT2D eigenvalue weighted by molar-refractivity contribution is 0.172. The average Bonchev–Trinajstić information content (AvgIpc) is 2.43. The predicted octanol–water partition coefficient (Wildman–Crippen LogP) is 2.21. The van der Waals surface area contributed by atoms with Gasteiger partial charge in [-0.05, 0) is 30.2 Å². The van der Waals surface area contributed by atoms with Crippen molar-refractivity contribution in [2.75, 3.05) is 7.11 Å². The van der Waals surface area contributed by atoms with E-state index in [1.807, 2.05) is 6.92 Å². The Hall–Kier alpha value is -2.01. The monoisotopic (exact) mass is 262 g/mol. The van der Waals surface area contributed by atoms with Crippen LogP contribution in [-0.2, 0) is 6.42 Å². The lowest BCUT2D eigenvalue weighted by atomic mass is 10.0. The van der Waals surface area contributed by atoms with Crippen LogP contribution in [0.15, 0.2) is 30.6 Å². The zero-order chi connectivity index (χ0) is 13.8. The van der Waals surface area contributed by atoms with Gasteiger partial charge in [-0.2, -0.15) is 0 Å². The van der Waals surface area contributed by atoms with Crippen LogP contribution in [0.4, 0.5) is 4.39 Å². The van der Waals surface area contributed by atoms with Crippen molar-refractivity contribution in [2.24, 2.45) is 0 Å². The third-order valence-corrected chi connectivity index (χ3v) is 2.94. The number of ether oxygens (including phenoxy) is 1. The van der Waals surface area contributed by atoms with Crippen molar-refractivity contribution in [1.29, 1.82) is 0 Å². The van der Waals surface area contributed by atoms with Gasteiger partial charge in [0.1, 0.15) is 18.2 Å². The summed E-state index contributed by atoms with van der Waals surface area (Å²) in [5, 5.41) is 10.1. The summed E-state index contributed by atoms with van der Waals surface area (Å²) in [5.74, 6) is 0.0769. The molecule has 19 heavy (non-hydrogen) atoms. The summed E-state index contributed by atoms with van der Waals surface area (Å²) in [6.45, 7) is 1.88. The molecule has 0 aliphatic carbocycles. The third kappa shape index (κ3) is 3.26. The van der Waals surface area contributed by atoms with E-state index in [2.05, 4.69) is 9.97 Å². The number of aromatic nitrogens is 2. The molecule has 4 nitrogen and oxygen atoms in total. The molecule has 2 rings (SSSR count). The van der Waals surface area contributed by atoms with Crippen LogP contribution in [-0.4, -0.2) is 22.2 Å². The van der Waals surface area contributed by atoms with Crippen molar-refractivity contribution in [3.63, 3.8) is 0 Å². The van der Waals surface area contributed by atoms with Crippen molar-refractivity contribution in [3.05, 3.63) is 53.2 Å². The number of aliphatic hydroxyl groups is 1. The number of hydrogen-bond donors (Lipinski definition) is 1. The molecule has 0 fully saturated rings. The van der Waals surface area contributed by atoms with Gasteiger partial charge in [-0.1, -0.05) is 6.07 Å². The summed E-state index contributed by atoms with van der Waals surface area (Å²) < 4.78 is 18.2. The Bertz CT molecular complexity index is 575. The molecular weight excluding hydrogens is 247 g/mol. The molecule has 1 N–H and O–H groups in total. The largest absolute Gasteiger partial charge is 0.481 e. The number of nitrogens with zero attached hydrogens (tertiary/aromatic N) is 2. The molecule has 5 heteroatoms. The maximum absolute atomic E-state index is 13.2. The van der Waals surface area contributed by atoms with Crippen molar-refractivity contribution in [2.45, 2.75) is 19.4 Å². The Morgan fingerprint density at radius 2 is 2.11 bits per heavy atom. The molecule has 1 heterocycles. The number of hydrogen-bond acceptors (Lipinski definition) is 4. The van der Waals surface area contributed by atoms with Gasteiger partial charge in [0.25, 0.3) is 0 Å². The van der Waals surface area contributed by atoms with E-state index < -0.39 is 6.10 Å². The van der Waals surface area contributed by atoms with Crippen LogP contribution in [0.1, 0.15) is 22.9 Å². The number of methoxy groups -OCH3 is 1. The van der Waals surface area contributed by atoms with E-state index in [1.54, 1.807) is 12.1 Å². The van der Waals surface area contributed by atoms with Gasteiger partial charge in [0.15, 0.2) is 0 Å². The smallest absolute Gasteiger partial charge is 0.216 e. The summed E-state index contributed by atoms with van der Waals surface area (Å²) in [6, 6.07) is 6.09. The van der Waals surface area contributed by atoms with Crippen LogP contribution in [0.25, 0.3) is 0 Å². The zero-order valence-corrected chi connectivity index (χ0v) is 10.8. The fraction of sp³-hybridized carbons (Fsp3) is 0.286. The highest BCUT2D eigenvalue weighted by Crippen LogP contribution is 2.21. The second-order valence-electron chi connectivity index (χ2n) is 4.28. The Morgan fingerprint density at radius 1 is 1.32 bits per heavy atom. The molecule has 2 aromatic rings. The Labute approximate surface area is 110 Å². The van der Waals surface area contributed by atoms with Crippen molar-refractivity contribution in [1.82, 2.24) is 9.97 Å². The van der Waals surface area contributed by atoms with Crippen molar-refractivity contribution in [3.8, 4) is 5.88 Å². The fourth-order valence-corrected chi connectivity index (χ4v) is 1.82. The lowest BCUT2D eigenvalue weighted by Gasteiger charge is -2.12. The van der Waals surface area contributed by atoms with Gasteiger partial charge >= 0.3 is 0 Å². The summed E-state index contributed by atoms with van der Waals surface area (Å²) in [5.41, 5.74) is 2.14. The van der Waals surface area contributed by atoms with Crippen LogP contribution < -0.4 is 4.74 Å². The van der Waals surface area contributed by atoms with Gasteiger partial charge in [-0.3, -0.25) is 0 Å². The quantitative estimate of drug-likeness (QED) is 0.917. The molecule has 0 spiro atoms. The molecule has 0 aliphatic heterocycles. The number of rotatable bonds is 4. The van der Waals surface area contributed by atoms with Crippen LogP contribution in [0.2, 0.25) is 0 Å². The van der Waals surface area contributed by atoms with Crippen LogP contribution in [0, 0.1) is 12.7 Å². The number of benzene rings is 1. The minimum Gasteiger partial charge on any atom is -0.481 e. The highest BCUT2D eigenvalue weighted by molar-refractivity contribution is 5.28. The first kappa shape index (κ1) is 13.4. The second-order valence-corrected chi connectivity index (χ2v) is 4.28. The highest BCUT2D eigenvalue weighted by Gasteiger charge is 2.13. The van der Waals surface area contributed by atoms with Gasteiger partial charge in [0, 0.05) is 12.5 Å². The van der Waals surface area contributed by atoms with E-state index >= 15 is 0 Å². The topological polar surface area (TPSA) is 55.2 Å². The SMILES string of the molecule is COc1cc(C(O)Cc2cc(F)ccc2C)ncn1. The molecule has 1 aromatic heterocycles. The normalized spacial score (nSPS) is 12.2. The zero-order valence-electron chi connectivity index (χ0n) is 10.8. The summed E-state index contributed by atoms with van der Waals surface area (Å²) >= 11 is 0. The first-order chi connectivity index (χ1) is 9.10. The molecular formula is C14H15FN2O2. The molecule has 0 amide bonds. The van der Waals surface area contributed by atoms with Crippen LogP contribution in [0.5, 0.6) is 5.88 Å². The Morgan fingerprint density at radius 3 is 2.84 bits per heavy atom. The number of halogens is 1. The molecule has 1 aromatic carbocycles. The standard InChI is InChI=1S/C14H15FN2O2/c1-9-3-4-11(15)5-10(9)6-13(18)12-7-14(19-2)17-8-16-12/h3-5,7-8,13,18H,6H2,1-2H3. The van der Waals surface area contributed by atoms with Gasteiger partial charge in [-0.15, -0.1) is 0 Å². The van der Waals surface area contributed by atoms with Crippen molar-refractivity contribution < 1.29 is 14.2 Å². The first-order valence-electron chi connectivity index (χ1n) is 5.89. The lowest BCUT2D eigenvalue weighted by Crippen LogP contribution is -2.06. The molecule has 0 saturated carbocycles. The molecule has 0 saturated heterocycles. The molecule has 1 atom stereocenters. The molecule has 100 valence electrons. The highest BCUT2D eigenvalue weighted by atomic mass is 19.1.